The van der Waals surface area contributed by atoms with Crippen LogP contribution in [-0.2, 0) is 10.0 Å². The number of piperidine rings is 1. The lowest BCUT2D eigenvalue weighted by molar-refractivity contribution is -0.0271. The molecule has 3 heterocycles. The van der Waals surface area contributed by atoms with Crippen molar-refractivity contribution in [2.75, 3.05) is 51.8 Å². The highest BCUT2D eigenvalue weighted by molar-refractivity contribution is 7.92. The number of sulfonamides is 1. The largest absolute Gasteiger partial charge is 0.371 e. The molecule has 0 unspecified atom stereocenters. The van der Waals surface area contributed by atoms with Crippen LogP contribution in [0.4, 0.5) is 31.9 Å². The maximum Gasteiger partial charge on any atom is 0.282 e. The molecule has 3 fully saturated rings. The number of carbonyl (C=O) groups is 1. The normalized spacial score (nSPS) is 19.9. The molecule has 1 spiro atoms. The lowest BCUT2D eigenvalue weighted by Crippen LogP contribution is -2.57. The number of anilines is 4. The number of carbonyl (C=O) groups excluding carboxylic acids is 1. The number of hydrogen-bond acceptors (Lipinski definition) is 7. The van der Waals surface area contributed by atoms with E-state index in [1.54, 1.807) is 38.1 Å². The van der Waals surface area contributed by atoms with Crippen LogP contribution >= 0.6 is 0 Å². The maximum atomic E-state index is 13.4. The van der Waals surface area contributed by atoms with E-state index in [-0.39, 0.29) is 17.5 Å². The molecule has 1 amide bonds. The first-order valence-corrected chi connectivity index (χ1v) is 14.3. The molecule has 37 heavy (non-hydrogen) atoms. The molecule has 1 aromatic heterocycles. The Morgan fingerprint density at radius 1 is 1.05 bits per heavy atom. The van der Waals surface area contributed by atoms with Gasteiger partial charge in [0.15, 0.2) is 0 Å². The minimum absolute atomic E-state index is 0.00908. The van der Waals surface area contributed by atoms with Gasteiger partial charge in [0.05, 0.1) is 35.8 Å². The van der Waals surface area contributed by atoms with Gasteiger partial charge in [-0.25, -0.2) is 22.2 Å². The topological polar surface area (TPSA) is 108 Å². The third-order valence-corrected chi connectivity index (χ3v) is 8.81. The summed E-state index contributed by atoms with van der Waals surface area (Å²) in [5.74, 6) is -2.80. The van der Waals surface area contributed by atoms with Gasteiger partial charge < -0.3 is 15.1 Å². The zero-order chi connectivity index (χ0) is 26.4. The molecule has 2 aromatic rings. The summed E-state index contributed by atoms with van der Waals surface area (Å²) in [6, 6.07) is 6.49. The van der Waals surface area contributed by atoms with E-state index in [9.17, 15) is 22.0 Å². The third kappa shape index (κ3) is 5.78. The van der Waals surface area contributed by atoms with Gasteiger partial charge in [-0.15, -0.1) is 0 Å². The van der Waals surface area contributed by atoms with Gasteiger partial charge in [-0.05, 0) is 62.6 Å². The Morgan fingerprint density at radius 3 is 2.38 bits per heavy atom. The van der Waals surface area contributed by atoms with Crippen LogP contribution < -0.4 is 19.8 Å². The van der Waals surface area contributed by atoms with Crippen LogP contribution in [0.1, 0.15) is 55.1 Å². The molecule has 2 aliphatic heterocycles. The molecule has 0 bridgehead atoms. The Bertz CT molecular complexity index is 1300. The summed E-state index contributed by atoms with van der Waals surface area (Å²) in [7, 11) is -3.49. The van der Waals surface area contributed by atoms with Crippen molar-refractivity contribution < 1.29 is 22.0 Å². The van der Waals surface area contributed by atoms with E-state index >= 15 is 0 Å². The number of hydrogen-bond donors (Lipinski definition) is 2. The smallest absolute Gasteiger partial charge is 0.282 e. The number of amides is 1. The van der Waals surface area contributed by atoms with Gasteiger partial charge in [-0.3, -0.25) is 9.52 Å². The number of benzene rings is 1. The van der Waals surface area contributed by atoms with Crippen molar-refractivity contribution in [2.24, 2.45) is 5.41 Å². The average Bonchev–Trinajstić information content (AvgIpc) is 3.55. The number of nitrogens with zero attached hydrogens (tertiary/aromatic N) is 4. The molecule has 1 aromatic carbocycles. The Labute approximate surface area is 215 Å². The zero-order valence-electron chi connectivity index (χ0n) is 21.1. The van der Waals surface area contributed by atoms with E-state index in [4.69, 9.17) is 0 Å². The number of rotatable bonds is 8. The molecule has 1 aliphatic carbocycles. The summed E-state index contributed by atoms with van der Waals surface area (Å²) in [5.41, 5.74) is 2.42. The van der Waals surface area contributed by atoms with Crippen molar-refractivity contribution >= 4 is 39.1 Å². The van der Waals surface area contributed by atoms with Crippen molar-refractivity contribution in [1.29, 1.82) is 0 Å². The van der Waals surface area contributed by atoms with E-state index in [1.165, 1.54) is 17.7 Å². The summed E-state index contributed by atoms with van der Waals surface area (Å²) in [4.78, 5) is 25.4. The number of alkyl halides is 2. The fourth-order valence-electron chi connectivity index (χ4n) is 5.04. The first kappa shape index (κ1) is 25.6. The van der Waals surface area contributed by atoms with Crippen LogP contribution in [0.2, 0.25) is 0 Å². The Hall–Kier alpha value is -3.02. The molecule has 2 saturated heterocycles. The summed E-state index contributed by atoms with van der Waals surface area (Å²) < 4.78 is 54.0. The van der Waals surface area contributed by atoms with Crippen LogP contribution in [-0.4, -0.2) is 62.1 Å². The minimum Gasteiger partial charge on any atom is -0.371 e. The molecule has 3 aliphatic rings. The predicted molar refractivity (Wildman–Crippen MR) is 139 cm³/mol. The molecule has 12 heteroatoms. The monoisotopic (exact) mass is 534 g/mol. The minimum atomic E-state index is -3.49. The van der Waals surface area contributed by atoms with Gasteiger partial charge >= 0.3 is 0 Å². The fourth-order valence-corrected chi connectivity index (χ4v) is 6.17. The van der Waals surface area contributed by atoms with Crippen LogP contribution in [0, 0.1) is 12.3 Å². The molecule has 0 radical (unpaired) electrons. The van der Waals surface area contributed by atoms with E-state index < -0.39 is 34.9 Å². The Kier molecular flexibility index (Phi) is 6.49. The molecule has 5 rings (SSSR count). The SMILES string of the molecule is CCCS(=O)(=O)Nc1ccc(C(=O)Nc2cc(C)nc(N3CC(F)(F)C3)n2)c(N2CCC3(CC2)CC3)c1. The maximum absolute atomic E-state index is 13.4. The van der Waals surface area contributed by atoms with Crippen molar-refractivity contribution in [3.05, 3.63) is 35.5 Å². The molecular weight excluding hydrogens is 502 g/mol. The van der Waals surface area contributed by atoms with E-state index in [1.807, 2.05) is 0 Å². The summed E-state index contributed by atoms with van der Waals surface area (Å²) in [6.45, 7) is 4.16. The second-order valence-corrected chi connectivity index (χ2v) is 12.3. The number of aryl methyl sites for hydroxylation is 1. The lowest BCUT2D eigenvalue weighted by atomic mass is 9.93. The number of aromatic nitrogens is 2. The van der Waals surface area contributed by atoms with E-state index in [0.29, 0.717) is 34.5 Å². The highest BCUT2D eigenvalue weighted by Crippen LogP contribution is 2.54. The highest BCUT2D eigenvalue weighted by Gasteiger charge is 2.46. The Balaban J connectivity index is 1.40. The van der Waals surface area contributed by atoms with Gasteiger partial charge in [0.2, 0.25) is 16.0 Å². The van der Waals surface area contributed by atoms with Gasteiger partial charge in [0.1, 0.15) is 5.82 Å². The molecule has 0 atom stereocenters. The number of nitrogens with one attached hydrogen (secondary N) is 2. The summed E-state index contributed by atoms with van der Waals surface area (Å²) in [6.07, 6.45) is 5.04. The second-order valence-electron chi connectivity index (χ2n) is 10.5. The highest BCUT2D eigenvalue weighted by atomic mass is 32.2. The van der Waals surface area contributed by atoms with Crippen molar-refractivity contribution in [3.63, 3.8) is 0 Å². The van der Waals surface area contributed by atoms with Crippen LogP contribution in [0.5, 0.6) is 0 Å². The Morgan fingerprint density at radius 2 is 1.76 bits per heavy atom. The van der Waals surface area contributed by atoms with Crippen molar-refractivity contribution in [1.82, 2.24) is 9.97 Å². The molecule has 200 valence electrons. The molecule has 9 nitrogen and oxygen atoms in total. The van der Waals surface area contributed by atoms with Crippen LogP contribution in [0.15, 0.2) is 24.3 Å². The van der Waals surface area contributed by atoms with Gasteiger partial charge in [0, 0.05) is 24.8 Å². The van der Waals surface area contributed by atoms with Crippen LogP contribution in [0.25, 0.3) is 0 Å². The fraction of sp³-hybridized carbons (Fsp3) is 0.560. The second kappa shape index (κ2) is 9.38. The van der Waals surface area contributed by atoms with Gasteiger partial charge in [0.25, 0.3) is 11.8 Å². The standard InChI is InChI=1S/C25H32F2N6O3S/c1-3-12-37(35,36)31-18-4-5-19(20(14-18)32-10-8-24(6-7-24)9-11-32)22(34)29-21-13-17(2)28-23(30-21)33-15-25(26,27)16-33/h4-5,13-14,31H,3,6-12,15-16H2,1-2H3,(H,28,29,30,34). The van der Waals surface area contributed by atoms with E-state index in [0.717, 1.165) is 25.9 Å². The molecule has 2 N–H and O–H groups in total. The van der Waals surface area contributed by atoms with Crippen LogP contribution in [0.3, 0.4) is 0 Å². The van der Waals surface area contributed by atoms with Gasteiger partial charge in [-0.2, -0.15) is 4.98 Å². The lowest BCUT2D eigenvalue weighted by Gasteiger charge is -2.38. The first-order valence-electron chi connectivity index (χ1n) is 12.7. The average molecular weight is 535 g/mol. The molecule has 1 saturated carbocycles. The van der Waals surface area contributed by atoms with Gasteiger partial charge in [-0.1, -0.05) is 6.92 Å². The third-order valence-electron chi connectivity index (χ3n) is 7.32. The van der Waals surface area contributed by atoms with E-state index in [2.05, 4.69) is 24.9 Å². The summed E-state index contributed by atoms with van der Waals surface area (Å²) >= 11 is 0. The summed E-state index contributed by atoms with van der Waals surface area (Å²) in [5, 5.41) is 2.79. The first-order chi connectivity index (χ1) is 17.5. The predicted octanol–water partition coefficient (Wildman–Crippen LogP) is 4.02. The quantitative estimate of drug-likeness (QED) is 0.527. The number of halogens is 2. The van der Waals surface area contributed by atoms with Crippen molar-refractivity contribution in [3.8, 4) is 0 Å². The van der Waals surface area contributed by atoms with Crippen molar-refractivity contribution in [2.45, 2.75) is 51.9 Å². The zero-order valence-corrected chi connectivity index (χ0v) is 21.9. The molecular formula is C25H32F2N6O3S.